The summed E-state index contributed by atoms with van der Waals surface area (Å²) in [5, 5.41) is 0. The van der Waals surface area contributed by atoms with Crippen LogP contribution in [0, 0.1) is 0 Å². The molecule has 0 aliphatic carbocycles. The third-order valence-corrected chi connectivity index (χ3v) is 4.61. The highest BCUT2D eigenvalue weighted by Gasteiger charge is 2.37. The van der Waals surface area contributed by atoms with Gasteiger partial charge in [-0.2, -0.15) is 0 Å². The van der Waals surface area contributed by atoms with E-state index in [1.165, 1.54) is 0 Å². The first-order valence-electron chi connectivity index (χ1n) is 8.40. The van der Waals surface area contributed by atoms with E-state index in [1.54, 1.807) is 49.4 Å². The van der Waals surface area contributed by atoms with Crippen molar-refractivity contribution in [1.29, 1.82) is 0 Å². The number of carbonyl (C=O) groups is 2. The van der Waals surface area contributed by atoms with Crippen molar-refractivity contribution in [3.63, 3.8) is 0 Å². The summed E-state index contributed by atoms with van der Waals surface area (Å²) in [5.41, 5.74) is 1.60. The van der Waals surface area contributed by atoms with Crippen LogP contribution in [-0.2, 0) is 14.3 Å². The van der Waals surface area contributed by atoms with E-state index >= 15 is 0 Å². The molecule has 1 saturated heterocycles. The monoisotopic (exact) mass is 351 g/mol. The number of esters is 1. The molecular weight excluding hydrogens is 330 g/mol. The molecule has 0 aromatic heterocycles. The fourth-order valence-corrected chi connectivity index (χ4v) is 2.92. The van der Waals surface area contributed by atoms with Crippen molar-refractivity contribution < 1.29 is 19.1 Å². The fraction of sp³-hybridized carbons (Fsp3) is 0.238. The number of carbonyl (C=O) groups excluding carboxylic acids is 2. The molecule has 1 aliphatic heterocycles. The molecule has 5 nitrogen and oxygen atoms in total. The van der Waals surface area contributed by atoms with Crippen molar-refractivity contribution >= 4 is 18.0 Å². The molecule has 2 aromatic rings. The van der Waals surface area contributed by atoms with Crippen LogP contribution in [0.2, 0.25) is 0 Å². The number of likely N-dealkylation sites (N-methyl/N-ethyl adjacent to an activating group) is 1. The summed E-state index contributed by atoms with van der Waals surface area (Å²) in [5.74, 6) is -0.260. The van der Waals surface area contributed by atoms with Gasteiger partial charge < -0.3 is 14.4 Å². The lowest BCUT2D eigenvalue weighted by atomic mass is 10.0. The summed E-state index contributed by atoms with van der Waals surface area (Å²) in [6.07, 6.45) is 1.04. The maximum absolute atomic E-state index is 12.8. The van der Waals surface area contributed by atoms with Gasteiger partial charge in [-0.3, -0.25) is 4.79 Å². The van der Waals surface area contributed by atoms with E-state index < -0.39 is 12.1 Å². The first-order valence-corrected chi connectivity index (χ1v) is 8.40. The Kier molecular flexibility index (Phi) is 5.07. The summed E-state index contributed by atoms with van der Waals surface area (Å²) in [6, 6.07) is 16.3. The van der Waals surface area contributed by atoms with Crippen LogP contribution in [0.25, 0.3) is 6.08 Å². The Morgan fingerprint density at radius 1 is 1.04 bits per heavy atom. The van der Waals surface area contributed by atoms with Crippen LogP contribution >= 0.6 is 0 Å². The predicted octanol–water partition coefficient (Wildman–Crippen LogP) is 3.22. The van der Waals surface area contributed by atoms with Gasteiger partial charge in [0.2, 0.25) is 0 Å². The van der Waals surface area contributed by atoms with Gasteiger partial charge in [-0.15, -0.1) is 0 Å². The maximum Gasteiger partial charge on any atom is 0.344 e. The Bertz CT molecular complexity index is 827. The van der Waals surface area contributed by atoms with E-state index in [0.717, 1.165) is 11.1 Å². The topological polar surface area (TPSA) is 55.8 Å². The number of cyclic esters (lactones) is 1. The molecule has 0 saturated carbocycles. The molecule has 1 amide bonds. The second-order valence-corrected chi connectivity index (χ2v) is 6.22. The lowest BCUT2D eigenvalue weighted by Gasteiger charge is -2.28. The van der Waals surface area contributed by atoms with E-state index in [9.17, 15) is 9.59 Å². The second kappa shape index (κ2) is 7.44. The van der Waals surface area contributed by atoms with Gasteiger partial charge in [0.25, 0.3) is 5.91 Å². The first kappa shape index (κ1) is 17.7. The number of benzene rings is 2. The number of hydrogen-bond acceptors (Lipinski definition) is 4. The van der Waals surface area contributed by atoms with Gasteiger partial charge in [0, 0.05) is 7.05 Å². The Labute approximate surface area is 152 Å². The minimum Gasteiger partial charge on any atom is -0.497 e. The molecule has 1 heterocycles. The molecule has 3 rings (SSSR count). The van der Waals surface area contributed by atoms with Crippen LogP contribution in [0.1, 0.15) is 24.2 Å². The molecule has 134 valence electrons. The molecule has 1 unspecified atom stereocenters. The zero-order valence-electron chi connectivity index (χ0n) is 15.0. The SMILES string of the molecule is COc1ccc(C=C2C(=O)O[C@@H](c3ccccc3)C(C)N(C)C2=O)cc1. The zero-order chi connectivity index (χ0) is 18.7. The molecule has 5 heteroatoms. The number of amides is 1. The summed E-state index contributed by atoms with van der Waals surface area (Å²) >= 11 is 0. The predicted molar refractivity (Wildman–Crippen MR) is 98.5 cm³/mol. The van der Waals surface area contributed by atoms with Crippen LogP contribution < -0.4 is 4.74 Å². The number of nitrogens with zero attached hydrogens (tertiary/aromatic N) is 1. The van der Waals surface area contributed by atoms with Gasteiger partial charge in [-0.25, -0.2) is 4.79 Å². The number of hydrogen-bond donors (Lipinski definition) is 0. The summed E-state index contributed by atoms with van der Waals surface area (Å²) in [7, 11) is 3.27. The second-order valence-electron chi connectivity index (χ2n) is 6.22. The van der Waals surface area contributed by atoms with Crippen molar-refractivity contribution in [1.82, 2.24) is 4.90 Å². The van der Waals surface area contributed by atoms with Crippen LogP contribution in [-0.4, -0.2) is 37.0 Å². The Morgan fingerprint density at radius 2 is 1.69 bits per heavy atom. The minimum absolute atomic E-state index is 0.0166. The van der Waals surface area contributed by atoms with E-state index in [4.69, 9.17) is 9.47 Å². The number of rotatable bonds is 3. The van der Waals surface area contributed by atoms with Crippen molar-refractivity contribution in [2.45, 2.75) is 19.1 Å². The third-order valence-electron chi connectivity index (χ3n) is 4.61. The van der Waals surface area contributed by atoms with Gasteiger partial charge in [-0.1, -0.05) is 42.5 Å². The van der Waals surface area contributed by atoms with E-state index in [-0.39, 0.29) is 17.5 Å². The Hall–Kier alpha value is -3.08. The molecule has 0 radical (unpaired) electrons. The van der Waals surface area contributed by atoms with Crippen molar-refractivity contribution in [2.75, 3.05) is 14.2 Å². The molecule has 0 spiro atoms. The van der Waals surface area contributed by atoms with E-state index in [2.05, 4.69) is 0 Å². The lowest BCUT2D eigenvalue weighted by Crippen LogP contribution is -2.37. The highest BCUT2D eigenvalue weighted by atomic mass is 16.5. The van der Waals surface area contributed by atoms with Gasteiger partial charge in [0.15, 0.2) is 0 Å². The molecule has 26 heavy (non-hydrogen) atoms. The minimum atomic E-state index is -0.615. The fourth-order valence-electron chi connectivity index (χ4n) is 2.92. The van der Waals surface area contributed by atoms with E-state index in [1.807, 2.05) is 37.3 Å². The number of ether oxygens (including phenoxy) is 2. The molecular formula is C21H21NO4. The standard InChI is InChI=1S/C21H21NO4/c1-14-19(16-7-5-4-6-8-16)26-21(24)18(20(23)22(14)2)13-15-9-11-17(25-3)12-10-15/h4-14,19H,1-3H3/t14?,19-/m1/s1. The molecule has 1 aliphatic rings. The first-order chi connectivity index (χ1) is 12.5. The summed E-state index contributed by atoms with van der Waals surface area (Å²) in [6.45, 7) is 1.87. The molecule has 0 bridgehead atoms. The van der Waals surface area contributed by atoms with Gasteiger partial charge in [-0.05, 0) is 36.3 Å². The molecule has 2 aromatic carbocycles. The molecule has 2 atom stereocenters. The smallest absolute Gasteiger partial charge is 0.344 e. The van der Waals surface area contributed by atoms with Gasteiger partial charge >= 0.3 is 5.97 Å². The third kappa shape index (κ3) is 3.47. The van der Waals surface area contributed by atoms with Gasteiger partial charge in [0.05, 0.1) is 13.2 Å². The highest BCUT2D eigenvalue weighted by Crippen LogP contribution is 2.30. The normalized spacial score (nSPS) is 22.1. The average Bonchev–Trinajstić information content (AvgIpc) is 2.76. The highest BCUT2D eigenvalue weighted by molar-refractivity contribution is 6.20. The van der Waals surface area contributed by atoms with Crippen LogP contribution in [0.3, 0.4) is 0 Å². The summed E-state index contributed by atoms with van der Waals surface area (Å²) < 4.78 is 10.8. The average molecular weight is 351 g/mol. The van der Waals surface area contributed by atoms with Crippen molar-refractivity contribution in [3.8, 4) is 5.75 Å². The zero-order valence-corrected chi connectivity index (χ0v) is 15.0. The maximum atomic E-state index is 12.8. The van der Waals surface area contributed by atoms with Crippen molar-refractivity contribution in [3.05, 3.63) is 71.3 Å². The quantitative estimate of drug-likeness (QED) is 0.484. The molecule has 0 N–H and O–H groups in total. The summed E-state index contributed by atoms with van der Waals surface area (Å²) in [4.78, 5) is 27.0. The largest absolute Gasteiger partial charge is 0.497 e. The van der Waals surface area contributed by atoms with E-state index in [0.29, 0.717) is 5.75 Å². The Morgan fingerprint density at radius 3 is 2.31 bits per heavy atom. The van der Waals surface area contributed by atoms with Crippen LogP contribution in [0.4, 0.5) is 0 Å². The van der Waals surface area contributed by atoms with Gasteiger partial charge in [0.1, 0.15) is 17.4 Å². The molecule has 1 fully saturated rings. The Balaban J connectivity index is 1.96. The number of methoxy groups -OCH3 is 1. The van der Waals surface area contributed by atoms with Crippen LogP contribution in [0.5, 0.6) is 5.75 Å². The van der Waals surface area contributed by atoms with Crippen molar-refractivity contribution in [2.24, 2.45) is 0 Å². The van der Waals surface area contributed by atoms with Crippen LogP contribution in [0.15, 0.2) is 60.2 Å². The lowest BCUT2D eigenvalue weighted by molar-refractivity contribution is -0.145.